The third kappa shape index (κ3) is 2.36. The van der Waals surface area contributed by atoms with Gasteiger partial charge in [0.15, 0.2) is 0 Å². The Bertz CT molecular complexity index is 523. The van der Waals surface area contributed by atoms with Crippen LogP contribution < -0.4 is 5.32 Å². The molecule has 0 saturated carbocycles. The molecule has 2 rings (SSSR count). The van der Waals surface area contributed by atoms with E-state index in [1.807, 2.05) is 31.4 Å². The topological polar surface area (TPSA) is 66.5 Å². The van der Waals surface area contributed by atoms with Crippen LogP contribution in [0, 0.1) is 11.3 Å². The molecule has 16 heavy (non-hydrogen) atoms. The molecule has 0 fully saturated rings. The number of hydrogen-bond donors (Lipinski definition) is 1. The van der Waals surface area contributed by atoms with E-state index < -0.39 is 0 Å². The molecule has 1 N–H and O–H groups in total. The number of nitriles is 1. The summed E-state index contributed by atoms with van der Waals surface area (Å²) in [5.74, 6) is 0.817. The molecule has 0 spiro atoms. The first kappa shape index (κ1) is 10.2. The molecule has 2 heterocycles. The smallest absolute Gasteiger partial charge is 0.148 e. The van der Waals surface area contributed by atoms with Crippen LogP contribution in [0.15, 0.2) is 30.6 Å². The molecule has 0 atom stereocenters. The maximum Gasteiger partial charge on any atom is 0.148 e. The van der Waals surface area contributed by atoms with Crippen LogP contribution in [0.3, 0.4) is 0 Å². The molecule has 0 aliphatic heterocycles. The maximum absolute atomic E-state index is 8.70. The molecule has 2 aromatic rings. The highest BCUT2D eigenvalue weighted by Crippen LogP contribution is 2.06. The summed E-state index contributed by atoms with van der Waals surface area (Å²) < 4.78 is 1.73. The summed E-state index contributed by atoms with van der Waals surface area (Å²) in [5, 5.41) is 16.1. The van der Waals surface area contributed by atoms with Gasteiger partial charge in [0, 0.05) is 32.1 Å². The second-order valence-corrected chi connectivity index (χ2v) is 3.39. The molecule has 0 bridgehead atoms. The van der Waals surface area contributed by atoms with Crippen LogP contribution in [0.25, 0.3) is 0 Å². The van der Waals surface area contributed by atoms with Crippen molar-refractivity contribution in [2.45, 2.75) is 6.54 Å². The van der Waals surface area contributed by atoms with Crippen molar-refractivity contribution < 1.29 is 0 Å². The van der Waals surface area contributed by atoms with Gasteiger partial charge in [-0.05, 0) is 17.7 Å². The molecule has 0 aliphatic rings. The standard InChI is InChI=1S/C11H11N5/c1-16-5-3-11(15-16)14-8-9-2-4-13-10(6-9)7-12/h2-6H,8H2,1H3,(H,14,15). The molecule has 0 amide bonds. The van der Waals surface area contributed by atoms with Gasteiger partial charge in [0.2, 0.25) is 0 Å². The van der Waals surface area contributed by atoms with E-state index in [1.165, 1.54) is 0 Å². The van der Waals surface area contributed by atoms with Gasteiger partial charge in [-0.25, -0.2) is 4.98 Å². The van der Waals surface area contributed by atoms with E-state index in [2.05, 4.69) is 15.4 Å². The fourth-order valence-electron chi connectivity index (χ4n) is 1.35. The molecular formula is C11H11N5. The molecule has 0 aromatic carbocycles. The minimum Gasteiger partial charge on any atom is -0.365 e. The normalized spacial score (nSPS) is 9.75. The van der Waals surface area contributed by atoms with E-state index >= 15 is 0 Å². The summed E-state index contributed by atoms with van der Waals surface area (Å²) in [6.45, 7) is 0.633. The van der Waals surface area contributed by atoms with Gasteiger partial charge < -0.3 is 5.32 Å². The molecule has 0 aliphatic carbocycles. The molecule has 5 nitrogen and oxygen atoms in total. The van der Waals surface area contributed by atoms with Crippen LogP contribution >= 0.6 is 0 Å². The van der Waals surface area contributed by atoms with E-state index in [4.69, 9.17) is 5.26 Å². The zero-order valence-electron chi connectivity index (χ0n) is 8.88. The SMILES string of the molecule is Cn1ccc(NCc2ccnc(C#N)c2)n1. The molecule has 0 saturated heterocycles. The van der Waals surface area contributed by atoms with Crippen molar-refractivity contribution in [2.24, 2.45) is 7.05 Å². The predicted octanol–water partition coefficient (Wildman–Crippen LogP) is 1.30. The van der Waals surface area contributed by atoms with E-state index in [0.29, 0.717) is 12.2 Å². The quantitative estimate of drug-likeness (QED) is 0.834. The number of hydrogen-bond acceptors (Lipinski definition) is 4. The second kappa shape index (κ2) is 4.45. The zero-order valence-corrected chi connectivity index (χ0v) is 8.88. The zero-order chi connectivity index (χ0) is 11.4. The Morgan fingerprint density at radius 1 is 1.50 bits per heavy atom. The molecular weight excluding hydrogens is 202 g/mol. The number of rotatable bonds is 3. The highest BCUT2D eigenvalue weighted by Gasteiger charge is 1.98. The lowest BCUT2D eigenvalue weighted by atomic mass is 10.2. The van der Waals surface area contributed by atoms with Gasteiger partial charge in [-0.2, -0.15) is 10.4 Å². The average molecular weight is 213 g/mol. The first-order chi connectivity index (χ1) is 7.78. The molecule has 5 heteroatoms. The Hall–Kier alpha value is -2.35. The summed E-state index contributed by atoms with van der Waals surface area (Å²) in [6.07, 6.45) is 3.50. The Balaban J connectivity index is 2.02. The van der Waals surface area contributed by atoms with Crippen molar-refractivity contribution in [3.8, 4) is 6.07 Å². The monoisotopic (exact) mass is 213 g/mol. The molecule has 0 unspecified atom stereocenters. The number of anilines is 1. The summed E-state index contributed by atoms with van der Waals surface area (Å²) in [5.41, 5.74) is 1.44. The van der Waals surface area contributed by atoms with E-state index in [9.17, 15) is 0 Å². The lowest BCUT2D eigenvalue weighted by Crippen LogP contribution is -2.01. The summed E-state index contributed by atoms with van der Waals surface area (Å²) in [7, 11) is 1.87. The van der Waals surface area contributed by atoms with Gasteiger partial charge >= 0.3 is 0 Å². The fourth-order valence-corrected chi connectivity index (χ4v) is 1.35. The fraction of sp³-hybridized carbons (Fsp3) is 0.182. The van der Waals surface area contributed by atoms with E-state index in [0.717, 1.165) is 11.4 Å². The highest BCUT2D eigenvalue weighted by molar-refractivity contribution is 5.34. The van der Waals surface area contributed by atoms with Crippen LogP contribution in [0.2, 0.25) is 0 Å². The van der Waals surface area contributed by atoms with Gasteiger partial charge in [0.05, 0.1) is 0 Å². The number of pyridine rings is 1. The van der Waals surface area contributed by atoms with Crippen molar-refractivity contribution in [3.05, 3.63) is 41.9 Å². The number of nitrogens with one attached hydrogen (secondary N) is 1. The first-order valence-electron chi connectivity index (χ1n) is 4.86. The van der Waals surface area contributed by atoms with Gasteiger partial charge in [0.1, 0.15) is 17.6 Å². The van der Waals surface area contributed by atoms with Crippen molar-refractivity contribution in [1.82, 2.24) is 14.8 Å². The lowest BCUT2D eigenvalue weighted by molar-refractivity contribution is 0.768. The summed E-state index contributed by atoms with van der Waals surface area (Å²) in [4.78, 5) is 3.91. The van der Waals surface area contributed by atoms with Crippen LogP contribution in [0.1, 0.15) is 11.3 Å². The van der Waals surface area contributed by atoms with Crippen LogP contribution in [-0.2, 0) is 13.6 Å². The van der Waals surface area contributed by atoms with E-state index in [1.54, 1.807) is 16.9 Å². The van der Waals surface area contributed by atoms with Crippen LogP contribution in [0.4, 0.5) is 5.82 Å². The highest BCUT2D eigenvalue weighted by atomic mass is 15.3. The molecule has 2 aromatic heterocycles. The first-order valence-corrected chi connectivity index (χ1v) is 4.86. The van der Waals surface area contributed by atoms with Gasteiger partial charge in [-0.15, -0.1) is 0 Å². The average Bonchev–Trinajstić information content (AvgIpc) is 2.73. The van der Waals surface area contributed by atoms with E-state index in [-0.39, 0.29) is 0 Å². The minimum atomic E-state index is 0.431. The van der Waals surface area contributed by atoms with Gasteiger partial charge in [-0.1, -0.05) is 0 Å². The predicted molar refractivity (Wildman–Crippen MR) is 59.5 cm³/mol. The number of aryl methyl sites for hydroxylation is 1. The largest absolute Gasteiger partial charge is 0.365 e. The lowest BCUT2D eigenvalue weighted by Gasteiger charge is -2.02. The van der Waals surface area contributed by atoms with Crippen molar-refractivity contribution in [1.29, 1.82) is 5.26 Å². The van der Waals surface area contributed by atoms with Crippen LogP contribution in [0.5, 0.6) is 0 Å². The number of nitrogens with zero attached hydrogens (tertiary/aromatic N) is 4. The van der Waals surface area contributed by atoms with Crippen molar-refractivity contribution >= 4 is 5.82 Å². The number of aromatic nitrogens is 3. The Labute approximate surface area is 93.4 Å². The van der Waals surface area contributed by atoms with Gasteiger partial charge in [0.25, 0.3) is 0 Å². The minimum absolute atomic E-state index is 0.431. The third-order valence-electron chi connectivity index (χ3n) is 2.13. The Kier molecular flexibility index (Phi) is 2.83. The molecule has 0 radical (unpaired) electrons. The Morgan fingerprint density at radius 2 is 2.38 bits per heavy atom. The van der Waals surface area contributed by atoms with Crippen LogP contribution in [-0.4, -0.2) is 14.8 Å². The third-order valence-corrected chi connectivity index (χ3v) is 2.13. The van der Waals surface area contributed by atoms with Crippen molar-refractivity contribution in [2.75, 3.05) is 5.32 Å². The second-order valence-electron chi connectivity index (χ2n) is 3.39. The summed E-state index contributed by atoms with van der Waals surface area (Å²) in [6, 6.07) is 7.54. The summed E-state index contributed by atoms with van der Waals surface area (Å²) >= 11 is 0. The Morgan fingerprint density at radius 3 is 3.06 bits per heavy atom. The van der Waals surface area contributed by atoms with Crippen molar-refractivity contribution in [3.63, 3.8) is 0 Å². The van der Waals surface area contributed by atoms with Gasteiger partial charge in [-0.3, -0.25) is 4.68 Å². The maximum atomic E-state index is 8.70. The molecule has 80 valence electrons.